The molecule has 1 amide bonds. The van der Waals surface area contributed by atoms with Gasteiger partial charge in [0.25, 0.3) is 0 Å². The second kappa shape index (κ2) is 5.96. The number of hydrogen-bond donors (Lipinski definition) is 1. The van der Waals surface area contributed by atoms with E-state index in [-0.39, 0.29) is 12.2 Å². The number of nitrogens with two attached hydrogens (primary N) is 1. The van der Waals surface area contributed by atoms with Crippen LogP contribution in [0.1, 0.15) is 11.1 Å². The molecule has 3 rings (SSSR count). The fourth-order valence-electron chi connectivity index (χ4n) is 2.79. The lowest BCUT2D eigenvalue weighted by Gasteiger charge is -2.24. The Morgan fingerprint density at radius 3 is 2.62 bits per heavy atom. The first-order chi connectivity index (χ1) is 11.2. The molecule has 0 fully saturated rings. The van der Waals surface area contributed by atoms with Crippen molar-refractivity contribution in [2.75, 3.05) is 12.0 Å². The van der Waals surface area contributed by atoms with Gasteiger partial charge in [0.1, 0.15) is 11.8 Å². The van der Waals surface area contributed by atoms with Crippen molar-refractivity contribution in [3.05, 3.63) is 39.2 Å². The van der Waals surface area contributed by atoms with Crippen LogP contribution in [-0.4, -0.2) is 19.1 Å². The molecule has 1 aliphatic rings. The van der Waals surface area contributed by atoms with E-state index in [1.54, 1.807) is 17.0 Å². The van der Waals surface area contributed by atoms with Crippen molar-refractivity contribution >= 4 is 43.9 Å². The van der Waals surface area contributed by atoms with E-state index in [1.165, 1.54) is 24.5 Å². The molecule has 1 aliphatic heterocycles. The van der Waals surface area contributed by atoms with Gasteiger partial charge in [-0.3, -0.25) is 4.79 Å². The molecule has 0 bridgehead atoms. The molecule has 4 nitrogen and oxygen atoms in total. The van der Waals surface area contributed by atoms with Crippen LogP contribution in [0.5, 0.6) is 5.75 Å². The fourth-order valence-corrected chi connectivity index (χ4v) is 4.22. The van der Waals surface area contributed by atoms with Gasteiger partial charge in [-0.15, -0.1) is 11.3 Å². The molecule has 2 aromatic rings. The minimum absolute atomic E-state index is 0.231. The number of alkyl halides is 3. The number of carbonyl (C=O) groups excluding carboxylic acids is 1. The van der Waals surface area contributed by atoms with E-state index in [0.29, 0.717) is 16.3 Å². The third kappa shape index (κ3) is 2.86. The SMILES string of the molecule is COc1cc2c(cc1C(F)(F)F)N(c1ccc(Br)s1)C(C(N)=O)C2. The highest BCUT2D eigenvalue weighted by atomic mass is 79.9. The van der Waals surface area contributed by atoms with Crippen LogP contribution < -0.4 is 15.4 Å². The Hall–Kier alpha value is -1.74. The molecule has 1 atom stereocenters. The number of carbonyl (C=O) groups is 1. The maximum Gasteiger partial charge on any atom is 0.420 e. The quantitative estimate of drug-likeness (QED) is 0.813. The Bertz CT molecular complexity index is 807. The van der Waals surface area contributed by atoms with Crippen molar-refractivity contribution in [3.63, 3.8) is 0 Å². The third-order valence-corrected chi connectivity index (χ3v) is 5.44. The van der Waals surface area contributed by atoms with Gasteiger partial charge in [0.2, 0.25) is 5.91 Å². The number of hydrogen-bond acceptors (Lipinski definition) is 4. The number of amides is 1. The predicted octanol–water partition coefficient (Wildman–Crippen LogP) is 4.09. The zero-order valence-corrected chi connectivity index (χ0v) is 14.8. The largest absolute Gasteiger partial charge is 0.496 e. The van der Waals surface area contributed by atoms with Crippen molar-refractivity contribution < 1.29 is 22.7 Å². The van der Waals surface area contributed by atoms with Crippen LogP contribution in [0.25, 0.3) is 0 Å². The van der Waals surface area contributed by atoms with Crippen LogP contribution in [0, 0.1) is 0 Å². The van der Waals surface area contributed by atoms with Crippen LogP contribution in [-0.2, 0) is 17.4 Å². The van der Waals surface area contributed by atoms with Crippen LogP contribution in [0.2, 0.25) is 0 Å². The Morgan fingerprint density at radius 2 is 2.12 bits per heavy atom. The lowest BCUT2D eigenvalue weighted by molar-refractivity contribution is -0.138. The summed E-state index contributed by atoms with van der Waals surface area (Å²) < 4.78 is 45.6. The van der Waals surface area contributed by atoms with E-state index >= 15 is 0 Å². The predicted molar refractivity (Wildman–Crippen MR) is 88.8 cm³/mol. The highest BCUT2D eigenvalue weighted by Crippen LogP contribution is 2.47. The Labute approximate surface area is 148 Å². The molecule has 128 valence electrons. The molecule has 2 heterocycles. The smallest absolute Gasteiger partial charge is 0.420 e. The summed E-state index contributed by atoms with van der Waals surface area (Å²) in [5.74, 6) is -0.859. The van der Waals surface area contributed by atoms with Gasteiger partial charge in [0.05, 0.1) is 21.5 Å². The molecule has 24 heavy (non-hydrogen) atoms. The molecule has 1 unspecified atom stereocenters. The van der Waals surface area contributed by atoms with Crippen molar-refractivity contribution in [3.8, 4) is 5.75 Å². The summed E-state index contributed by atoms with van der Waals surface area (Å²) in [7, 11) is 1.19. The highest BCUT2D eigenvalue weighted by Gasteiger charge is 2.40. The van der Waals surface area contributed by atoms with E-state index in [1.807, 2.05) is 0 Å². The number of nitrogens with zero attached hydrogens (tertiary/aromatic N) is 1. The standard InChI is InChI=1S/C15H12BrF3N2O2S/c1-23-11-5-7-4-10(14(20)22)21(13-3-2-12(16)24-13)9(7)6-8(11)15(17,18)19/h2-3,5-6,10H,4H2,1H3,(H2,20,22). The normalized spacial score (nSPS) is 17.0. The topological polar surface area (TPSA) is 55.6 Å². The molecule has 1 aromatic heterocycles. The number of halogens is 4. The minimum atomic E-state index is -4.56. The van der Waals surface area contributed by atoms with Crippen LogP contribution >= 0.6 is 27.3 Å². The second-order valence-corrected chi connectivity index (χ2v) is 7.69. The van der Waals surface area contributed by atoms with Crippen molar-refractivity contribution in [2.45, 2.75) is 18.6 Å². The Balaban J connectivity index is 2.19. The monoisotopic (exact) mass is 420 g/mol. The molecule has 0 spiro atoms. The Morgan fingerprint density at radius 1 is 1.42 bits per heavy atom. The van der Waals surface area contributed by atoms with Gasteiger partial charge in [-0.1, -0.05) is 0 Å². The van der Waals surface area contributed by atoms with Crippen LogP contribution in [0.4, 0.5) is 23.9 Å². The van der Waals surface area contributed by atoms with Gasteiger partial charge in [-0.2, -0.15) is 13.2 Å². The lowest BCUT2D eigenvalue weighted by atomic mass is 10.1. The zero-order valence-electron chi connectivity index (χ0n) is 12.4. The maximum atomic E-state index is 13.3. The van der Waals surface area contributed by atoms with Crippen molar-refractivity contribution in [1.29, 1.82) is 0 Å². The van der Waals surface area contributed by atoms with Crippen LogP contribution in [0.3, 0.4) is 0 Å². The molecular weight excluding hydrogens is 409 g/mol. The van der Waals surface area contributed by atoms with Gasteiger partial charge < -0.3 is 15.4 Å². The van der Waals surface area contributed by atoms with Gasteiger partial charge in [-0.25, -0.2) is 0 Å². The first-order valence-corrected chi connectivity index (χ1v) is 8.45. The molecule has 0 aliphatic carbocycles. The molecule has 0 radical (unpaired) electrons. The number of rotatable bonds is 3. The summed E-state index contributed by atoms with van der Waals surface area (Å²) in [6, 6.07) is 5.11. The molecule has 2 N–H and O–H groups in total. The summed E-state index contributed by atoms with van der Waals surface area (Å²) >= 11 is 4.64. The summed E-state index contributed by atoms with van der Waals surface area (Å²) in [4.78, 5) is 13.4. The average molecular weight is 421 g/mol. The summed E-state index contributed by atoms with van der Waals surface area (Å²) in [6.45, 7) is 0. The van der Waals surface area contributed by atoms with Gasteiger partial charge in [-0.05, 0) is 45.8 Å². The van der Waals surface area contributed by atoms with Gasteiger partial charge >= 0.3 is 6.18 Å². The summed E-state index contributed by atoms with van der Waals surface area (Å²) in [6.07, 6.45) is -4.33. The first-order valence-electron chi connectivity index (χ1n) is 6.84. The number of ether oxygens (including phenoxy) is 1. The van der Waals surface area contributed by atoms with E-state index in [2.05, 4.69) is 15.9 Å². The van der Waals surface area contributed by atoms with Crippen molar-refractivity contribution in [2.24, 2.45) is 5.73 Å². The van der Waals surface area contributed by atoms with E-state index in [0.717, 1.165) is 9.85 Å². The summed E-state index contributed by atoms with van der Waals surface area (Å²) in [5, 5.41) is 0.641. The average Bonchev–Trinajstić information content (AvgIpc) is 3.07. The second-order valence-electron chi connectivity index (χ2n) is 5.25. The highest BCUT2D eigenvalue weighted by molar-refractivity contribution is 9.11. The van der Waals surface area contributed by atoms with Crippen LogP contribution in [0.15, 0.2) is 28.1 Å². The van der Waals surface area contributed by atoms with E-state index < -0.39 is 23.7 Å². The number of thiophene rings is 1. The lowest BCUT2D eigenvalue weighted by Crippen LogP contribution is -2.39. The maximum absolute atomic E-state index is 13.3. The number of methoxy groups -OCH3 is 1. The molecule has 1 aromatic carbocycles. The number of benzene rings is 1. The molecule has 9 heteroatoms. The fraction of sp³-hybridized carbons (Fsp3) is 0.267. The van der Waals surface area contributed by atoms with E-state index in [9.17, 15) is 18.0 Å². The van der Waals surface area contributed by atoms with Gasteiger partial charge in [0.15, 0.2) is 0 Å². The molecule has 0 saturated carbocycles. The first kappa shape index (κ1) is 17.1. The van der Waals surface area contributed by atoms with E-state index in [4.69, 9.17) is 10.5 Å². The summed E-state index contributed by atoms with van der Waals surface area (Å²) in [5.41, 5.74) is 5.50. The number of fused-ring (bicyclic) bond motifs is 1. The number of primary amides is 1. The third-order valence-electron chi connectivity index (χ3n) is 3.82. The minimum Gasteiger partial charge on any atom is -0.496 e. The van der Waals surface area contributed by atoms with Gasteiger partial charge in [0, 0.05) is 12.1 Å². The molecular formula is C15H12BrF3N2O2S. The molecule has 0 saturated heterocycles. The zero-order chi connectivity index (χ0) is 17.6. The Kier molecular flexibility index (Phi) is 4.25. The number of anilines is 2. The van der Waals surface area contributed by atoms with Crippen molar-refractivity contribution in [1.82, 2.24) is 0 Å².